The Hall–Kier alpha value is -1.05. The SMILES string of the molecule is COc1cc2c(cc1OC)C(C(CO)CO)N(CCO)CC2.Cl. The minimum atomic E-state index is -0.302. The molecule has 1 atom stereocenters. The molecule has 0 amide bonds. The lowest BCUT2D eigenvalue weighted by Crippen LogP contribution is -2.42. The summed E-state index contributed by atoms with van der Waals surface area (Å²) in [5, 5.41) is 28.5. The Morgan fingerprint density at radius 3 is 2.26 bits per heavy atom. The average molecular weight is 348 g/mol. The summed E-state index contributed by atoms with van der Waals surface area (Å²) in [5.41, 5.74) is 2.15. The number of methoxy groups -OCH3 is 2. The van der Waals surface area contributed by atoms with Crippen LogP contribution in [0.1, 0.15) is 17.2 Å². The first-order valence-electron chi connectivity index (χ1n) is 7.51. The Balaban J connectivity index is 0.00000264. The zero-order valence-corrected chi connectivity index (χ0v) is 14.4. The van der Waals surface area contributed by atoms with Crippen molar-refractivity contribution < 1.29 is 24.8 Å². The molecule has 0 saturated carbocycles. The molecule has 1 aromatic carbocycles. The van der Waals surface area contributed by atoms with Crippen LogP contribution in [0, 0.1) is 5.92 Å². The molecular formula is C16H26ClNO5. The van der Waals surface area contributed by atoms with E-state index in [-0.39, 0.29) is 44.2 Å². The highest BCUT2D eigenvalue weighted by atomic mass is 35.5. The summed E-state index contributed by atoms with van der Waals surface area (Å²) < 4.78 is 10.7. The fraction of sp³-hybridized carbons (Fsp3) is 0.625. The standard InChI is InChI=1S/C16H25NO5.ClH/c1-21-14-7-11-3-4-17(5-6-18)16(12(9-19)10-20)13(11)8-15(14)22-2;/h7-8,12,16,18-20H,3-6,9-10H2,1-2H3;1H. The van der Waals surface area contributed by atoms with Crippen molar-refractivity contribution in [3.63, 3.8) is 0 Å². The van der Waals surface area contributed by atoms with Crippen molar-refractivity contribution in [3.05, 3.63) is 23.3 Å². The lowest BCUT2D eigenvalue weighted by molar-refractivity contribution is 0.0414. The van der Waals surface area contributed by atoms with Gasteiger partial charge in [0.15, 0.2) is 11.5 Å². The van der Waals surface area contributed by atoms with Crippen molar-refractivity contribution in [1.82, 2.24) is 4.90 Å². The van der Waals surface area contributed by atoms with Gasteiger partial charge in [-0.15, -0.1) is 12.4 Å². The third-order valence-electron chi connectivity index (χ3n) is 4.33. The maximum absolute atomic E-state index is 9.61. The summed E-state index contributed by atoms with van der Waals surface area (Å²) in [6, 6.07) is 3.73. The third kappa shape index (κ3) is 4.08. The van der Waals surface area contributed by atoms with Gasteiger partial charge in [0.1, 0.15) is 0 Å². The highest BCUT2D eigenvalue weighted by Gasteiger charge is 2.34. The zero-order chi connectivity index (χ0) is 16.1. The average Bonchev–Trinajstić information content (AvgIpc) is 2.56. The number of hydrogen-bond acceptors (Lipinski definition) is 6. The van der Waals surface area contributed by atoms with Gasteiger partial charge in [-0.3, -0.25) is 4.90 Å². The smallest absolute Gasteiger partial charge is 0.161 e. The molecule has 0 aliphatic carbocycles. The molecule has 0 bridgehead atoms. The first-order chi connectivity index (χ1) is 10.7. The minimum absolute atomic E-state index is 0. The van der Waals surface area contributed by atoms with Gasteiger partial charge in [-0.25, -0.2) is 0 Å². The van der Waals surface area contributed by atoms with Gasteiger partial charge in [-0.05, 0) is 29.7 Å². The minimum Gasteiger partial charge on any atom is -0.493 e. The topological polar surface area (TPSA) is 82.4 Å². The first-order valence-corrected chi connectivity index (χ1v) is 7.51. The van der Waals surface area contributed by atoms with Crippen LogP contribution in [-0.2, 0) is 6.42 Å². The maximum atomic E-state index is 9.61. The van der Waals surface area contributed by atoms with Gasteiger partial charge in [-0.2, -0.15) is 0 Å². The van der Waals surface area contributed by atoms with E-state index in [0.29, 0.717) is 18.0 Å². The van der Waals surface area contributed by atoms with Crippen LogP contribution in [0.25, 0.3) is 0 Å². The lowest BCUT2D eigenvalue weighted by atomic mass is 9.84. The molecule has 1 aliphatic heterocycles. The van der Waals surface area contributed by atoms with Crippen LogP contribution in [0.3, 0.4) is 0 Å². The van der Waals surface area contributed by atoms with E-state index in [4.69, 9.17) is 9.47 Å². The molecule has 23 heavy (non-hydrogen) atoms. The van der Waals surface area contributed by atoms with Crippen molar-refractivity contribution in [2.75, 3.05) is 47.1 Å². The van der Waals surface area contributed by atoms with E-state index < -0.39 is 0 Å². The van der Waals surface area contributed by atoms with Crippen LogP contribution in [-0.4, -0.2) is 67.3 Å². The first kappa shape index (κ1) is 20.0. The zero-order valence-electron chi connectivity index (χ0n) is 13.6. The molecule has 6 nitrogen and oxygen atoms in total. The quantitative estimate of drug-likeness (QED) is 0.670. The molecule has 0 radical (unpaired) electrons. The molecule has 3 N–H and O–H groups in total. The van der Waals surface area contributed by atoms with Crippen molar-refractivity contribution in [3.8, 4) is 11.5 Å². The van der Waals surface area contributed by atoms with Gasteiger partial charge in [0.25, 0.3) is 0 Å². The monoisotopic (exact) mass is 347 g/mol. The number of nitrogens with zero attached hydrogens (tertiary/aromatic N) is 1. The molecule has 1 aliphatic rings. The Bertz CT molecular complexity index is 496. The van der Waals surface area contributed by atoms with E-state index in [1.54, 1.807) is 14.2 Å². The number of ether oxygens (including phenoxy) is 2. The molecule has 1 aromatic rings. The summed E-state index contributed by atoms with van der Waals surface area (Å²) in [7, 11) is 3.19. The van der Waals surface area contributed by atoms with Crippen molar-refractivity contribution in [1.29, 1.82) is 0 Å². The van der Waals surface area contributed by atoms with Crippen molar-refractivity contribution in [2.24, 2.45) is 5.92 Å². The Kier molecular flexibility index (Phi) is 8.08. The van der Waals surface area contributed by atoms with Crippen molar-refractivity contribution in [2.45, 2.75) is 12.5 Å². The van der Waals surface area contributed by atoms with Crippen LogP contribution >= 0.6 is 12.4 Å². The number of β-amino-alcohol motifs (C(OH)–C–C–N with tert-alkyl or cyclic N) is 1. The second-order valence-electron chi connectivity index (χ2n) is 5.49. The number of rotatable bonds is 7. The summed E-state index contributed by atoms with van der Waals surface area (Å²) in [6.07, 6.45) is 0.829. The van der Waals surface area contributed by atoms with Gasteiger partial charge in [0.05, 0.1) is 20.8 Å². The van der Waals surface area contributed by atoms with Gasteiger partial charge in [0.2, 0.25) is 0 Å². The summed E-state index contributed by atoms with van der Waals surface area (Å²) in [4.78, 5) is 2.10. The molecule has 7 heteroatoms. The Labute approximate surface area is 143 Å². The molecule has 132 valence electrons. The number of benzene rings is 1. The van der Waals surface area contributed by atoms with E-state index in [9.17, 15) is 15.3 Å². The highest BCUT2D eigenvalue weighted by molar-refractivity contribution is 5.85. The molecule has 1 heterocycles. The molecule has 0 saturated heterocycles. The van der Waals surface area contributed by atoms with E-state index in [1.807, 2.05) is 12.1 Å². The fourth-order valence-corrected chi connectivity index (χ4v) is 3.22. The third-order valence-corrected chi connectivity index (χ3v) is 4.33. The maximum Gasteiger partial charge on any atom is 0.161 e. The lowest BCUT2D eigenvalue weighted by Gasteiger charge is -2.40. The van der Waals surface area contributed by atoms with Crippen molar-refractivity contribution >= 4 is 12.4 Å². The molecule has 0 spiro atoms. The van der Waals surface area contributed by atoms with Gasteiger partial charge < -0.3 is 24.8 Å². The second kappa shape index (κ2) is 9.30. The Morgan fingerprint density at radius 1 is 1.13 bits per heavy atom. The second-order valence-corrected chi connectivity index (χ2v) is 5.49. The van der Waals surface area contributed by atoms with E-state index in [1.165, 1.54) is 0 Å². The number of fused-ring (bicyclic) bond motifs is 1. The van der Waals surface area contributed by atoms with Crippen LogP contribution in [0.15, 0.2) is 12.1 Å². The normalized spacial score (nSPS) is 17.6. The Morgan fingerprint density at radius 2 is 1.74 bits per heavy atom. The number of hydrogen-bond donors (Lipinski definition) is 3. The predicted octanol–water partition coefficient (Wildman–Crippen LogP) is 0.618. The largest absolute Gasteiger partial charge is 0.493 e. The molecule has 0 fully saturated rings. The molecule has 0 aromatic heterocycles. The van der Waals surface area contributed by atoms with Gasteiger partial charge >= 0.3 is 0 Å². The molecular weight excluding hydrogens is 322 g/mol. The summed E-state index contributed by atoms with van der Waals surface area (Å²) in [6.45, 7) is 1.09. The van der Waals surface area contributed by atoms with Crippen LogP contribution in [0.5, 0.6) is 11.5 Å². The van der Waals surface area contributed by atoms with Gasteiger partial charge in [0, 0.05) is 38.3 Å². The summed E-state index contributed by atoms with van der Waals surface area (Å²) >= 11 is 0. The fourth-order valence-electron chi connectivity index (χ4n) is 3.22. The van der Waals surface area contributed by atoms with Gasteiger partial charge in [-0.1, -0.05) is 0 Å². The number of halogens is 1. The molecule has 1 unspecified atom stereocenters. The van der Waals surface area contributed by atoms with E-state index in [0.717, 1.165) is 24.1 Å². The highest BCUT2D eigenvalue weighted by Crippen LogP contribution is 2.40. The molecule has 2 rings (SSSR count). The van der Waals surface area contributed by atoms with E-state index in [2.05, 4.69) is 4.90 Å². The van der Waals surface area contributed by atoms with Crippen LogP contribution in [0.2, 0.25) is 0 Å². The predicted molar refractivity (Wildman–Crippen MR) is 89.6 cm³/mol. The summed E-state index contributed by atoms with van der Waals surface area (Å²) in [5.74, 6) is 1.01. The van der Waals surface area contributed by atoms with E-state index >= 15 is 0 Å². The van der Waals surface area contributed by atoms with Crippen LogP contribution in [0.4, 0.5) is 0 Å². The number of aliphatic hydroxyl groups is 3. The van der Waals surface area contributed by atoms with Crippen LogP contribution < -0.4 is 9.47 Å². The number of aliphatic hydroxyl groups excluding tert-OH is 3.